The van der Waals surface area contributed by atoms with Crippen molar-refractivity contribution < 1.29 is 0 Å². The van der Waals surface area contributed by atoms with Crippen LogP contribution in [-0.4, -0.2) is 71.0 Å². The van der Waals surface area contributed by atoms with Gasteiger partial charge < -0.3 is 0 Å². The lowest BCUT2D eigenvalue weighted by molar-refractivity contribution is 0.272. The van der Waals surface area contributed by atoms with Crippen molar-refractivity contribution in [2.45, 2.75) is 129 Å². The van der Waals surface area contributed by atoms with E-state index in [1.165, 1.54) is 168 Å². The molecule has 0 aliphatic carbocycles. The molecule has 194 valence electrons. The van der Waals surface area contributed by atoms with Crippen LogP contribution in [-0.2, 0) is 0 Å². The molecule has 0 aromatic heterocycles. The average Bonchev–Trinajstić information content (AvgIpc) is 3.63. The van der Waals surface area contributed by atoms with E-state index in [0.717, 1.165) is 0 Å². The van der Waals surface area contributed by atoms with Crippen molar-refractivity contribution in [3.05, 3.63) is 0 Å². The lowest BCUT2D eigenvalue weighted by atomic mass is 10.1. The first-order valence-corrected chi connectivity index (χ1v) is 16.8. The first kappa shape index (κ1) is 27.9. The van der Waals surface area contributed by atoms with E-state index in [9.17, 15) is 0 Å². The van der Waals surface area contributed by atoms with Crippen LogP contribution in [0, 0.1) is 0 Å². The Morgan fingerprint density at radius 1 is 0.455 bits per heavy atom. The third kappa shape index (κ3) is 7.88. The minimum atomic E-state index is -1.54. The maximum atomic E-state index is 3.13. The average molecular weight is 482 g/mol. The highest BCUT2D eigenvalue weighted by Crippen LogP contribution is 2.72. The monoisotopic (exact) mass is 481 g/mol. The van der Waals surface area contributed by atoms with E-state index < -0.39 is 7.87 Å². The van der Waals surface area contributed by atoms with E-state index in [2.05, 4.69) is 32.5 Å². The molecule has 0 unspecified atom stereocenters. The summed E-state index contributed by atoms with van der Waals surface area (Å²) in [6.07, 6.45) is 25.6. The molecule has 0 spiro atoms. The topological polar surface area (TPSA) is 13.0 Å². The molecule has 3 aliphatic rings. The highest BCUT2D eigenvalue weighted by Gasteiger charge is 2.62. The summed E-state index contributed by atoms with van der Waals surface area (Å²) in [7, 11) is -1.54. The smallest absolute Gasteiger partial charge is 0.133 e. The molecule has 0 atom stereocenters. The van der Waals surface area contributed by atoms with Gasteiger partial charge in [0.25, 0.3) is 0 Å². The Balaban J connectivity index is 1.74. The lowest BCUT2D eigenvalue weighted by Crippen LogP contribution is -2.51. The predicted octanol–water partition coefficient (Wildman–Crippen LogP) is 7.97. The maximum absolute atomic E-state index is 3.13. The number of hydrogen-bond acceptors (Lipinski definition) is 4. The number of rotatable bonds is 18. The largest absolute Gasteiger partial charge is 0.308 e. The van der Waals surface area contributed by atoms with Crippen LogP contribution in [0.1, 0.15) is 129 Å². The molecule has 0 amide bonds. The molecule has 0 radical (unpaired) electrons. The molecule has 0 saturated carbocycles. The Morgan fingerprint density at radius 2 is 0.758 bits per heavy atom. The molecule has 3 heterocycles. The van der Waals surface area contributed by atoms with Crippen molar-refractivity contribution in [2.75, 3.05) is 52.4 Å². The van der Waals surface area contributed by atoms with E-state index in [1.807, 2.05) is 0 Å². The molecule has 3 saturated heterocycles. The van der Waals surface area contributed by atoms with Crippen LogP contribution in [0.4, 0.5) is 0 Å². The van der Waals surface area contributed by atoms with E-state index in [0.29, 0.717) is 0 Å². The van der Waals surface area contributed by atoms with Gasteiger partial charge in [0.15, 0.2) is 0 Å². The van der Waals surface area contributed by atoms with Crippen LogP contribution >= 0.6 is 7.87 Å². The van der Waals surface area contributed by atoms with E-state index in [1.54, 1.807) is 0 Å². The summed E-state index contributed by atoms with van der Waals surface area (Å²) >= 11 is 0. The van der Waals surface area contributed by atoms with Crippen LogP contribution in [0.2, 0.25) is 0 Å². The quantitative estimate of drug-likeness (QED) is 0.145. The summed E-state index contributed by atoms with van der Waals surface area (Å²) in [5.74, 6) is 0. The minimum Gasteiger partial charge on any atom is -0.133 e. The van der Waals surface area contributed by atoms with Gasteiger partial charge in [0.1, 0.15) is 0 Å². The third-order valence-corrected chi connectivity index (χ3v) is 12.9. The SMILES string of the molecule is CCCCCCCCN(CCCCCCCC)[P+](N1CCCC1)(N1CCCC1)N1CCCC1. The Labute approximate surface area is 208 Å². The molecule has 4 nitrogen and oxygen atoms in total. The second-order valence-corrected chi connectivity index (χ2v) is 14.3. The molecule has 5 heteroatoms. The molecule has 0 aromatic carbocycles. The molecule has 0 aromatic rings. The zero-order chi connectivity index (χ0) is 23.2. The van der Waals surface area contributed by atoms with Gasteiger partial charge >= 0.3 is 7.87 Å². The van der Waals surface area contributed by atoms with Crippen molar-refractivity contribution in [3.8, 4) is 0 Å². The Bertz CT molecular complexity index is 427. The van der Waals surface area contributed by atoms with E-state index in [-0.39, 0.29) is 0 Å². The molecule has 3 rings (SSSR count). The summed E-state index contributed by atoms with van der Waals surface area (Å²) in [4.78, 5) is 0. The van der Waals surface area contributed by atoms with Crippen LogP contribution in [0.3, 0.4) is 0 Å². The van der Waals surface area contributed by atoms with Crippen molar-refractivity contribution >= 4 is 7.87 Å². The molecular formula is C28H58N4P+. The fourth-order valence-corrected chi connectivity index (χ4v) is 11.9. The van der Waals surface area contributed by atoms with E-state index in [4.69, 9.17) is 0 Å². The van der Waals surface area contributed by atoms with Crippen molar-refractivity contribution in [2.24, 2.45) is 0 Å². The zero-order valence-corrected chi connectivity index (χ0v) is 23.5. The van der Waals surface area contributed by atoms with E-state index >= 15 is 0 Å². The van der Waals surface area contributed by atoms with Gasteiger partial charge in [-0.1, -0.05) is 78.1 Å². The molecular weight excluding hydrogens is 423 g/mol. The number of unbranched alkanes of at least 4 members (excludes halogenated alkanes) is 10. The van der Waals surface area contributed by atoms with Crippen LogP contribution in [0.5, 0.6) is 0 Å². The van der Waals surface area contributed by atoms with Gasteiger partial charge in [-0.15, -0.1) is 18.7 Å². The zero-order valence-electron chi connectivity index (χ0n) is 22.6. The van der Waals surface area contributed by atoms with Gasteiger partial charge in [-0.3, -0.25) is 0 Å². The van der Waals surface area contributed by atoms with Gasteiger partial charge in [0.05, 0.1) is 0 Å². The summed E-state index contributed by atoms with van der Waals surface area (Å²) in [6.45, 7) is 15.5. The normalized spacial score (nSPS) is 21.2. The second kappa shape index (κ2) is 16.1. The molecule has 3 fully saturated rings. The van der Waals surface area contributed by atoms with Gasteiger partial charge in [-0.2, -0.15) is 0 Å². The van der Waals surface area contributed by atoms with Crippen LogP contribution < -0.4 is 0 Å². The standard InChI is InChI=1S/C28H58N4P/c1-3-5-7-9-11-13-21-29(22-14-12-10-8-6-4-2)33(30-23-15-16-24-30,31-25-17-18-26-31)32-27-19-20-28-32/h3-28H2,1-2H3/q+1. The fraction of sp³-hybridized carbons (Fsp3) is 1.00. The predicted molar refractivity (Wildman–Crippen MR) is 148 cm³/mol. The van der Waals surface area contributed by atoms with Gasteiger partial charge in [-0.05, 0) is 51.4 Å². The number of nitrogens with zero attached hydrogens (tertiary/aromatic N) is 4. The highest BCUT2D eigenvalue weighted by molar-refractivity contribution is 7.66. The lowest BCUT2D eigenvalue weighted by Gasteiger charge is -2.48. The summed E-state index contributed by atoms with van der Waals surface area (Å²) in [5.41, 5.74) is 0. The van der Waals surface area contributed by atoms with Crippen molar-refractivity contribution in [3.63, 3.8) is 0 Å². The van der Waals surface area contributed by atoms with Crippen LogP contribution in [0.25, 0.3) is 0 Å². The molecule has 3 aliphatic heterocycles. The minimum absolute atomic E-state index is 1.35. The Hall–Kier alpha value is 0.270. The Kier molecular flexibility index (Phi) is 13.6. The molecule has 33 heavy (non-hydrogen) atoms. The summed E-state index contributed by atoms with van der Waals surface area (Å²) in [6, 6.07) is 0. The summed E-state index contributed by atoms with van der Waals surface area (Å²) in [5, 5.41) is 0. The maximum Gasteiger partial charge on any atom is 0.308 e. The van der Waals surface area contributed by atoms with Gasteiger partial charge in [-0.25, -0.2) is 0 Å². The van der Waals surface area contributed by atoms with Crippen LogP contribution in [0.15, 0.2) is 0 Å². The molecule has 0 N–H and O–H groups in total. The third-order valence-electron chi connectivity index (χ3n) is 8.30. The fourth-order valence-electron chi connectivity index (χ4n) is 6.51. The first-order valence-electron chi connectivity index (χ1n) is 15.2. The first-order chi connectivity index (χ1) is 16.3. The van der Waals surface area contributed by atoms with Gasteiger partial charge in [0.2, 0.25) is 0 Å². The van der Waals surface area contributed by atoms with Crippen molar-refractivity contribution in [1.82, 2.24) is 18.7 Å². The Morgan fingerprint density at radius 3 is 1.09 bits per heavy atom. The van der Waals surface area contributed by atoms with Crippen molar-refractivity contribution in [1.29, 1.82) is 0 Å². The number of hydrogen-bond donors (Lipinski definition) is 0. The second-order valence-electron chi connectivity index (χ2n) is 11.0. The highest BCUT2D eigenvalue weighted by atomic mass is 31.2. The van der Waals surface area contributed by atoms with Gasteiger partial charge in [0, 0.05) is 52.4 Å². The summed E-state index contributed by atoms with van der Waals surface area (Å²) < 4.78 is 12.3. The molecule has 0 bridgehead atoms.